The Hall–Kier alpha value is -2.83. The number of nitrogens with two attached hydrogens (primary N) is 1. The molecule has 0 atom stereocenters. The Bertz CT molecular complexity index is 840. The number of hydrogen-bond donors (Lipinski definition) is 2. The predicted molar refractivity (Wildman–Crippen MR) is 92.6 cm³/mol. The van der Waals surface area contributed by atoms with Gasteiger partial charge in [-0.2, -0.15) is 5.26 Å². The topological polar surface area (TPSA) is 117 Å². The molecular weight excluding hydrogens is 350 g/mol. The lowest BCUT2D eigenvalue weighted by Crippen LogP contribution is -2.24. The molecule has 0 saturated carbocycles. The average molecular weight is 361 g/mol. The minimum absolute atomic E-state index is 0.115. The number of methoxy groups -OCH3 is 1. The van der Waals surface area contributed by atoms with Gasteiger partial charge in [0.2, 0.25) is 0 Å². The second kappa shape index (κ2) is 7.16. The van der Waals surface area contributed by atoms with E-state index in [4.69, 9.17) is 28.0 Å². The molecule has 1 fully saturated rings. The van der Waals surface area contributed by atoms with Crippen LogP contribution < -0.4 is 10.5 Å². The van der Waals surface area contributed by atoms with Crippen LogP contribution in [-0.2, 0) is 9.59 Å². The van der Waals surface area contributed by atoms with E-state index in [0.29, 0.717) is 5.56 Å². The van der Waals surface area contributed by atoms with E-state index < -0.39 is 17.4 Å². The lowest BCUT2D eigenvalue weighted by Gasteiger charge is -2.08. The number of carbonyl (C=O) groups is 2. The van der Waals surface area contributed by atoms with Crippen LogP contribution in [-0.4, -0.2) is 33.3 Å². The van der Waals surface area contributed by atoms with E-state index >= 15 is 0 Å². The number of thioether (sulfide) groups is 1. The summed E-state index contributed by atoms with van der Waals surface area (Å²) >= 11 is 6.05. The van der Waals surface area contributed by atoms with Gasteiger partial charge in [-0.05, 0) is 12.1 Å². The van der Waals surface area contributed by atoms with Crippen molar-refractivity contribution in [3.63, 3.8) is 0 Å². The zero-order valence-electron chi connectivity index (χ0n) is 12.3. The largest absolute Gasteiger partial charge is 0.504 e. The van der Waals surface area contributed by atoms with Gasteiger partial charge in [0.05, 0.1) is 12.0 Å². The number of carbonyl (C=O) groups excluding carboxylic acids is 2. The highest BCUT2D eigenvalue weighted by Crippen LogP contribution is 2.37. The predicted octanol–water partition coefficient (Wildman–Crippen LogP) is 1.49. The van der Waals surface area contributed by atoms with Gasteiger partial charge in [-0.1, -0.05) is 36.1 Å². The summed E-state index contributed by atoms with van der Waals surface area (Å²) < 4.78 is 5.15. The molecule has 2 amide bonds. The van der Waals surface area contributed by atoms with Crippen molar-refractivity contribution < 1.29 is 19.4 Å². The van der Waals surface area contributed by atoms with Gasteiger partial charge in [0.25, 0.3) is 11.8 Å². The molecule has 0 radical (unpaired) electrons. The van der Waals surface area contributed by atoms with Crippen molar-refractivity contribution in [1.82, 2.24) is 4.90 Å². The molecule has 0 unspecified atom stereocenters. The summed E-state index contributed by atoms with van der Waals surface area (Å²) in [4.78, 5) is 24.7. The van der Waals surface area contributed by atoms with Crippen molar-refractivity contribution in [3.05, 3.63) is 40.4 Å². The summed E-state index contributed by atoms with van der Waals surface area (Å²) in [7, 11) is 1.41. The van der Waals surface area contributed by atoms with Crippen molar-refractivity contribution in [3.8, 4) is 17.6 Å². The maximum absolute atomic E-state index is 12.4. The summed E-state index contributed by atoms with van der Waals surface area (Å²) in [5.74, 6) is -1.34. The normalized spacial score (nSPS) is 16.4. The first-order valence-electron chi connectivity index (χ1n) is 6.43. The number of benzene rings is 1. The van der Waals surface area contributed by atoms with Crippen LogP contribution in [0, 0.1) is 11.3 Å². The van der Waals surface area contributed by atoms with Gasteiger partial charge in [0.1, 0.15) is 11.6 Å². The average Bonchev–Trinajstić information content (AvgIpc) is 2.81. The minimum atomic E-state index is -0.957. The summed E-state index contributed by atoms with van der Waals surface area (Å²) in [5, 5.41) is 18.9. The number of para-hydroxylation sites is 1. The van der Waals surface area contributed by atoms with Crippen molar-refractivity contribution in [2.75, 3.05) is 7.11 Å². The highest BCUT2D eigenvalue weighted by molar-refractivity contribution is 8.26. The first kappa shape index (κ1) is 17.5. The number of primary amides is 1. The highest BCUT2D eigenvalue weighted by Gasteiger charge is 2.32. The summed E-state index contributed by atoms with van der Waals surface area (Å²) in [6, 6.07) is 6.44. The molecule has 0 spiro atoms. The van der Waals surface area contributed by atoms with Crippen LogP contribution in [0.2, 0.25) is 0 Å². The number of aromatic hydroxyl groups is 1. The van der Waals surface area contributed by atoms with Gasteiger partial charge in [-0.3, -0.25) is 14.5 Å². The fourth-order valence-electron chi connectivity index (χ4n) is 1.83. The Balaban J connectivity index is 2.39. The van der Waals surface area contributed by atoms with E-state index in [0.717, 1.165) is 22.9 Å². The zero-order chi connectivity index (χ0) is 17.9. The number of phenolic OH excluding ortho intramolecular Hbond substituents is 1. The van der Waals surface area contributed by atoms with Crippen LogP contribution >= 0.6 is 24.0 Å². The number of nitriles is 1. The molecular formula is C15H11N3O4S2. The van der Waals surface area contributed by atoms with Gasteiger partial charge in [-0.25, -0.2) is 0 Å². The third-order valence-electron chi connectivity index (χ3n) is 3.00. The summed E-state index contributed by atoms with van der Waals surface area (Å²) in [6.07, 6.45) is 2.45. The van der Waals surface area contributed by atoms with Gasteiger partial charge in [0.15, 0.2) is 15.8 Å². The van der Waals surface area contributed by atoms with Crippen molar-refractivity contribution in [2.45, 2.75) is 0 Å². The van der Waals surface area contributed by atoms with Crippen LogP contribution in [0.1, 0.15) is 5.56 Å². The Morgan fingerprint density at radius 1 is 1.54 bits per heavy atom. The SMILES string of the molecule is COc1cccc(/C=C2\SC(=S)N(/C=C(/C#N)C(N)=O)C2=O)c1O. The molecule has 1 saturated heterocycles. The van der Waals surface area contributed by atoms with Gasteiger partial charge < -0.3 is 15.6 Å². The molecule has 1 aromatic rings. The second-order valence-corrected chi connectivity index (χ2v) is 6.14. The number of hydrogen-bond acceptors (Lipinski definition) is 7. The fourth-order valence-corrected chi connectivity index (χ4v) is 3.03. The van der Waals surface area contributed by atoms with Crippen molar-refractivity contribution >= 4 is 46.2 Å². The quantitative estimate of drug-likeness (QED) is 0.474. The number of ether oxygens (including phenoxy) is 1. The van der Waals surface area contributed by atoms with E-state index in [9.17, 15) is 14.7 Å². The van der Waals surface area contributed by atoms with Gasteiger partial charge in [0, 0.05) is 11.8 Å². The van der Waals surface area contributed by atoms with E-state index in [-0.39, 0.29) is 20.7 Å². The molecule has 122 valence electrons. The maximum atomic E-state index is 12.4. The Labute approximate surface area is 147 Å². The Morgan fingerprint density at radius 2 is 2.25 bits per heavy atom. The van der Waals surface area contributed by atoms with Crippen LogP contribution in [0.5, 0.6) is 11.5 Å². The molecule has 24 heavy (non-hydrogen) atoms. The molecule has 1 aliphatic rings. The third-order valence-corrected chi connectivity index (χ3v) is 4.33. The smallest absolute Gasteiger partial charge is 0.270 e. The Kier molecular flexibility index (Phi) is 5.23. The minimum Gasteiger partial charge on any atom is -0.504 e. The second-order valence-electron chi connectivity index (χ2n) is 4.47. The molecule has 9 heteroatoms. The number of phenols is 1. The lowest BCUT2D eigenvalue weighted by atomic mass is 10.1. The first-order valence-corrected chi connectivity index (χ1v) is 7.66. The molecule has 7 nitrogen and oxygen atoms in total. The molecule has 1 aromatic carbocycles. The molecule has 0 aromatic heterocycles. The van der Waals surface area contributed by atoms with Gasteiger partial charge in [-0.15, -0.1) is 0 Å². The number of rotatable bonds is 4. The van der Waals surface area contributed by atoms with Crippen molar-refractivity contribution in [1.29, 1.82) is 5.26 Å². The van der Waals surface area contributed by atoms with Gasteiger partial charge >= 0.3 is 0 Å². The fraction of sp³-hybridized carbons (Fsp3) is 0.0667. The number of nitrogens with zero attached hydrogens (tertiary/aromatic N) is 2. The van der Waals surface area contributed by atoms with Crippen LogP contribution in [0.15, 0.2) is 34.9 Å². The standard InChI is InChI=1S/C15H11N3O4S2/c1-22-10-4-2-3-8(12(10)19)5-11-14(21)18(15(23)24-11)7-9(6-16)13(17)20/h2-5,7,19H,1H3,(H2,17,20)/b9-7-,11-5-. The van der Waals surface area contributed by atoms with E-state index in [2.05, 4.69) is 0 Å². The number of amides is 2. The molecule has 3 N–H and O–H groups in total. The van der Waals surface area contributed by atoms with Crippen LogP contribution in [0.25, 0.3) is 6.08 Å². The Morgan fingerprint density at radius 3 is 2.83 bits per heavy atom. The van der Waals surface area contributed by atoms with E-state index in [1.807, 2.05) is 0 Å². The zero-order valence-corrected chi connectivity index (χ0v) is 14.0. The third kappa shape index (κ3) is 3.40. The first-order chi connectivity index (χ1) is 11.4. The van der Waals surface area contributed by atoms with E-state index in [1.54, 1.807) is 24.3 Å². The maximum Gasteiger partial charge on any atom is 0.270 e. The lowest BCUT2D eigenvalue weighted by molar-refractivity contribution is -0.120. The molecule has 2 rings (SSSR count). The highest BCUT2D eigenvalue weighted by atomic mass is 32.2. The molecule has 0 aliphatic carbocycles. The monoisotopic (exact) mass is 361 g/mol. The van der Waals surface area contributed by atoms with Crippen LogP contribution in [0.3, 0.4) is 0 Å². The van der Waals surface area contributed by atoms with E-state index in [1.165, 1.54) is 13.2 Å². The van der Waals surface area contributed by atoms with Crippen molar-refractivity contribution in [2.24, 2.45) is 5.73 Å². The molecule has 1 aliphatic heterocycles. The summed E-state index contributed by atoms with van der Waals surface area (Å²) in [6.45, 7) is 0. The molecule has 0 bridgehead atoms. The summed E-state index contributed by atoms with van der Waals surface area (Å²) in [5.41, 5.74) is 5.02. The number of thiocarbonyl (C=S) groups is 1. The molecule has 1 heterocycles. The van der Waals surface area contributed by atoms with Crippen LogP contribution in [0.4, 0.5) is 0 Å².